The normalized spacial score (nSPS) is 15.7. The molecular formula is C22H19FNO3+. The lowest BCUT2D eigenvalue weighted by molar-refractivity contribution is -0.688. The van der Waals surface area contributed by atoms with E-state index in [0.29, 0.717) is 29.0 Å². The summed E-state index contributed by atoms with van der Waals surface area (Å²) in [4.78, 5) is 11.6. The summed E-state index contributed by atoms with van der Waals surface area (Å²) in [5, 5.41) is 0. The van der Waals surface area contributed by atoms with E-state index in [9.17, 15) is 9.18 Å². The number of carbonyl (C=O) groups excluding carboxylic acids is 1. The summed E-state index contributed by atoms with van der Waals surface area (Å²) in [5.74, 6) is 0.286. The molecule has 3 aromatic rings. The Kier molecular flexibility index (Phi) is 4.69. The Balaban J connectivity index is 1.67. The molecule has 0 radical (unpaired) electrons. The van der Waals surface area contributed by atoms with Crippen molar-refractivity contribution in [1.29, 1.82) is 0 Å². The lowest BCUT2D eigenvalue weighted by Crippen LogP contribution is -2.35. The molecule has 1 aliphatic rings. The number of nitrogens with zero attached hydrogens (tertiary/aromatic N) is 1. The molecule has 0 saturated carbocycles. The number of hydrogen-bond donors (Lipinski definition) is 0. The molecule has 2 heterocycles. The number of rotatable bonds is 4. The van der Waals surface area contributed by atoms with Crippen LogP contribution in [0, 0.1) is 5.82 Å². The molecule has 4 nitrogen and oxygen atoms in total. The minimum absolute atomic E-state index is 0.0144. The van der Waals surface area contributed by atoms with Crippen molar-refractivity contribution in [2.24, 2.45) is 0 Å². The van der Waals surface area contributed by atoms with E-state index in [4.69, 9.17) is 9.47 Å². The Labute approximate surface area is 156 Å². The molecule has 0 spiro atoms. The molecule has 27 heavy (non-hydrogen) atoms. The summed E-state index contributed by atoms with van der Waals surface area (Å²) in [6.45, 7) is 2.19. The van der Waals surface area contributed by atoms with Gasteiger partial charge in [-0.05, 0) is 25.1 Å². The maximum Gasteiger partial charge on any atom is 0.227 e. The van der Waals surface area contributed by atoms with Crippen LogP contribution in [0.25, 0.3) is 0 Å². The molecule has 1 aromatic heterocycles. The van der Waals surface area contributed by atoms with Gasteiger partial charge in [-0.2, -0.15) is 4.57 Å². The Morgan fingerprint density at radius 2 is 2.00 bits per heavy atom. The van der Waals surface area contributed by atoms with E-state index in [-0.39, 0.29) is 18.2 Å². The summed E-state index contributed by atoms with van der Waals surface area (Å²) in [6, 6.07) is 16.1. The Hall–Kier alpha value is -3.05. The first-order valence-corrected chi connectivity index (χ1v) is 8.75. The van der Waals surface area contributed by atoms with Gasteiger partial charge in [0.05, 0.1) is 17.7 Å². The van der Waals surface area contributed by atoms with Crippen LogP contribution < -0.4 is 9.30 Å². The molecule has 1 atom stereocenters. The number of ketones is 1. The van der Waals surface area contributed by atoms with Crippen molar-refractivity contribution in [3.8, 4) is 5.75 Å². The second kappa shape index (κ2) is 7.29. The average molecular weight is 364 g/mol. The number of fused-ring (bicyclic) bond motifs is 1. The van der Waals surface area contributed by atoms with E-state index in [0.717, 1.165) is 5.56 Å². The number of hydrogen-bond acceptors (Lipinski definition) is 3. The Bertz CT molecular complexity index is 988. The first-order chi connectivity index (χ1) is 13.1. The van der Waals surface area contributed by atoms with Gasteiger partial charge in [0, 0.05) is 17.2 Å². The van der Waals surface area contributed by atoms with Crippen molar-refractivity contribution in [1.82, 2.24) is 0 Å². The van der Waals surface area contributed by atoms with Gasteiger partial charge in [0.25, 0.3) is 0 Å². The van der Waals surface area contributed by atoms with Crippen LogP contribution in [0.15, 0.2) is 67.0 Å². The molecule has 5 heteroatoms. The van der Waals surface area contributed by atoms with Crippen LogP contribution in [0.5, 0.6) is 5.75 Å². The van der Waals surface area contributed by atoms with Crippen LogP contribution in [-0.2, 0) is 17.9 Å². The molecule has 0 aliphatic carbocycles. The Morgan fingerprint density at radius 3 is 2.78 bits per heavy atom. The van der Waals surface area contributed by atoms with Crippen LogP contribution in [0.3, 0.4) is 0 Å². The maximum absolute atomic E-state index is 14.1. The number of benzene rings is 2. The van der Waals surface area contributed by atoms with Crippen molar-refractivity contribution in [2.75, 3.05) is 0 Å². The fourth-order valence-electron chi connectivity index (χ4n) is 3.19. The fraction of sp³-hybridized carbons (Fsp3) is 0.182. The molecule has 0 bridgehead atoms. The third-order valence-corrected chi connectivity index (χ3v) is 4.51. The first-order valence-electron chi connectivity index (χ1n) is 8.75. The largest absolute Gasteiger partial charge is 0.460 e. The predicted molar refractivity (Wildman–Crippen MR) is 96.7 cm³/mol. The zero-order valence-corrected chi connectivity index (χ0v) is 14.9. The number of Topliss-reactive ketones (excluding diaryl/α,β-unsaturated/α-hetero) is 1. The van der Waals surface area contributed by atoms with Crippen molar-refractivity contribution >= 4 is 5.78 Å². The number of carbonyl (C=O) groups is 1. The van der Waals surface area contributed by atoms with Gasteiger partial charge in [-0.25, -0.2) is 4.39 Å². The van der Waals surface area contributed by atoms with Crippen LogP contribution >= 0.6 is 0 Å². The van der Waals surface area contributed by atoms with E-state index in [1.54, 1.807) is 18.3 Å². The molecule has 0 saturated heterocycles. The monoisotopic (exact) mass is 364 g/mol. The molecule has 0 unspecified atom stereocenters. The highest BCUT2D eigenvalue weighted by Crippen LogP contribution is 2.36. The fourth-order valence-corrected chi connectivity index (χ4v) is 3.19. The maximum atomic E-state index is 14.1. The second-order valence-electron chi connectivity index (χ2n) is 6.55. The number of aromatic nitrogens is 1. The van der Waals surface area contributed by atoms with Crippen LogP contribution in [0.2, 0.25) is 0 Å². The Morgan fingerprint density at radius 1 is 1.19 bits per heavy atom. The summed E-state index contributed by atoms with van der Waals surface area (Å²) >= 11 is 0. The zero-order chi connectivity index (χ0) is 18.8. The van der Waals surface area contributed by atoms with E-state index in [2.05, 4.69) is 0 Å². The molecule has 1 aliphatic heterocycles. The zero-order valence-electron chi connectivity index (χ0n) is 14.9. The van der Waals surface area contributed by atoms with E-state index in [1.807, 2.05) is 41.1 Å². The number of ether oxygens (including phenoxy) is 2. The summed E-state index contributed by atoms with van der Waals surface area (Å²) < 4.78 is 27.8. The molecule has 0 N–H and O–H groups in total. The molecule has 0 amide bonds. The van der Waals surface area contributed by atoms with E-state index < -0.39 is 6.29 Å². The number of halogens is 1. The van der Waals surface area contributed by atoms with Crippen molar-refractivity contribution in [3.05, 3.63) is 95.1 Å². The molecule has 136 valence electrons. The van der Waals surface area contributed by atoms with E-state index >= 15 is 0 Å². The van der Waals surface area contributed by atoms with Crippen LogP contribution in [0.1, 0.15) is 40.3 Å². The molecule has 4 rings (SSSR count). The summed E-state index contributed by atoms with van der Waals surface area (Å²) in [6.07, 6.45) is 3.07. The van der Waals surface area contributed by atoms with Gasteiger partial charge in [-0.1, -0.05) is 30.3 Å². The van der Waals surface area contributed by atoms with E-state index in [1.165, 1.54) is 19.1 Å². The van der Waals surface area contributed by atoms with Crippen molar-refractivity contribution in [2.45, 2.75) is 26.4 Å². The summed E-state index contributed by atoms with van der Waals surface area (Å²) in [7, 11) is 0. The van der Waals surface area contributed by atoms with Gasteiger partial charge in [-0.15, -0.1) is 0 Å². The summed E-state index contributed by atoms with van der Waals surface area (Å²) in [5.41, 5.74) is 2.90. The lowest BCUT2D eigenvalue weighted by atomic mass is 10.1. The van der Waals surface area contributed by atoms with Gasteiger partial charge in [-0.3, -0.25) is 4.79 Å². The minimum Gasteiger partial charge on any atom is -0.460 e. The average Bonchev–Trinajstić information content (AvgIpc) is 2.68. The molecular weight excluding hydrogens is 345 g/mol. The highest BCUT2D eigenvalue weighted by Gasteiger charge is 2.26. The lowest BCUT2D eigenvalue weighted by Gasteiger charge is -2.28. The van der Waals surface area contributed by atoms with Gasteiger partial charge >= 0.3 is 0 Å². The first kappa shape index (κ1) is 17.4. The third-order valence-electron chi connectivity index (χ3n) is 4.51. The molecule has 2 aromatic carbocycles. The third kappa shape index (κ3) is 3.73. The number of pyridine rings is 1. The minimum atomic E-state index is -0.531. The topological polar surface area (TPSA) is 39.4 Å². The predicted octanol–water partition coefficient (Wildman–Crippen LogP) is 3.97. The standard InChI is InChI=1S/C22H19FNO3/c1-15(25)17-8-5-9-24(12-17)13-18-10-20(23)11-19-14-26-22(27-21(18)19)16-6-3-2-4-7-16/h2-12,22H,13-14H2,1H3/q+1/t22-/m1/s1. The smallest absolute Gasteiger partial charge is 0.227 e. The van der Waals surface area contributed by atoms with Crippen LogP contribution in [-0.4, -0.2) is 5.78 Å². The van der Waals surface area contributed by atoms with Crippen molar-refractivity contribution in [3.63, 3.8) is 0 Å². The highest BCUT2D eigenvalue weighted by atomic mass is 19.1. The van der Waals surface area contributed by atoms with Gasteiger partial charge in [0.2, 0.25) is 6.29 Å². The van der Waals surface area contributed by atoms with Gasteiger partial charge in [0.1, 0.15) is 11.6 Å². The second-order valence-corrected chi connectivity index (χ2v) is 6.55. The highest BCUT2D eigenvalue weighted by molar-refractivity contribution is 5.93. The van der Waals surface area contributed by atoms with Gasteiger partial charge in [0.15, 0.2) is 24.7 Å². The quantitative estimate of drug-likeness (QED) is 0.519. The van der Waals surface area contributed by atoms with Gasteiger partial charge < -0.3 is 9.47 Å². The molecule has 0 fully saturated rings. The SMILES string of the molecule is CC(=O)c1ccc[n+](Cc2cc(F)cc3c2O[C@H](c2ccccc2)OC3)c1. The van der Waals surface area contributed by atoms with Crippen molar-refractivity contribution < 1.29 is 23.2 Å². The van der Waals surface area contributed by atoms with Crippen LogP contribution in [0.4, 0.5) is 4.39 Å².